The summed E-state index contributed by atoms with van der Waals surface area (Å²) in [6.07, 6.45) is 0.647. The van der Waals surface area contributed by atoms with Crippen molar-refractivity contribution in [1.82, 2.24) is 9.62 Å². The van der Waals surface area contributed by atoms with Crippen LogP contribution in [0.5, 0.6) is 0 Å². The summed E-state index contributed by atoms with van der Waals surface area (Å²) >= 11 is 1.61. The molecule has 0 unspecified atom stereocenters. The van der Waals surface area contributed by atoms with Crippen LogP contribution in [0.3, 0.4) is 0 Å². The van der Waals surface area contributed by atoms with Gasteiger partial charge in [-0.05, 0) is 42.0 Å². The van der Waals surface area contributed by atoms with Gasteiger partial charge in [0.1, 0.15) is 0 Å². The monoisotopic (exact) mass is 393 g/mol. The van der Waals surface area contributed by atoms with E-state index in [1.54, 1.807) is 18.3 Å². The normalized spacial score (nSPS) is 14.7. The first kappa shape index (κ1) is 18.9. The predicted molar refractivity (Wildman–Crippen MR) is 105 cm³/mol. The van der Waals surface area contributed by atoms with Gasteiger partial charge in [0.2, 0.25) is 15.9 Å². The van der Waals surface area contributed by atoms with Gasteiger partial charge in [-0.2, -0.15) is 4.31 Å². The van der Waals surface area contributed by atoms with E-state index in [1.165, 1.54) is 4.31 Å². The highest BCUT2D eigenvalue weighted by Gasteiger charge is 2.26. The summed E-state index contributed by atoms with van der Waals surface area (Å²) in [5, 5.41) is 8.07. The number of nitrogens with zero attached hydrogens (tertiary/aromatic N) is 1. The maximum Gasteiger partial charge on any atom is 0.239 e. The molecule has 26 heavy (non-hydrogen) atoms. The van der Waals surface area contributed by atoms with Gasteiger partial charge in [-0.15, -0.1) is 11.3 Å². The van der Waals surface area contributed by atoms with Crippen molar-refractivity contribution in [2.45, 2.75) is 26.4 Å². The highest BCUT2D eigenvalue weighted by Crippen LogP contribution is 2.27. The zero-order chi connectivity index (χ0) is 18.6. The van der Waals surface area contributed by atoms with E-state index in [4.69, 9.17) is 0 Å². The molecule has 2 heterocycles. The quantitative estimate of drug-likeness (QED) is 0.756. The molecule has 2 N–H and O–H groups in total. The first-order valence-corrected chi connectivity index (χ1v) is 11.1. The lowest BCUT2D eigenvalue weighted by Gasteiger charge is -2.29. The number of sulfonamides is 1. The lowest BCUT2D eigenvalue weighted by molar-refractivity contribution is -0.119. The lowest BCUT2D eigenvalue weighted by atomic mass is 9.99. The molecule has 3 rings (SSSR count). The van der Waals surface area contributed by atoms with Gasteiger partial charge in [0, 0.05) is 23.7 Å². The molecule has 1 aromatic heterocycles. The summed E-state index contributed by atoms with van der Waals surface area (Å²) in [7, 11) is -3.18. The van der Waals surface area contributed by atoms with Crippen LogP contribution in [-0.2, 0) is 34.3 Å². The Hall–Kier alpha value is -1.90. The van der Waals surface area contributed by atoms with Crippen molar-refractivity contribution in [3.63, 3.8) is 0 Å². The average Bonchev–Trinajstić information content (AvgIpc) is 3.17. The molecule has 8 heteroatoms. The lowest BCUT2D eigenvalue weighted by Crippen LogP contribution is -2.37. The number of nitrogens with one attached hydrogen (secondary N) is 2. The zero-order valence-corrected chi connectivity index (χ0v) is 16.3. The minimum atomic E-state index is -3.18. The van der Waals surface area contributed by atoms with Gasteiger partial charge in [0.05, 0.1) is 18.8 Å². The second-order valence-corrected chi connectivity index (χ2v) is 9.43. The van der Waals surface area contributed by atoms with E-state index >= 15 is 0 Å². The van der Waals surface area contributed by atoms with E-state index in [9.17, 15) is 13.2 Å². The Morgan fingerprint density at radius 2 is 2.12 bits per heavy atom. The van der Waals surface area contributed by atoms with Gasteiger partial charge >= 0.3 is 0 Å². The highest BCUT2D eigenvalue weighted by atomic mass is 32.2. The number of carbonyl (C=O) groups is 1. The first-order chi connectivity index (χ1) is 12.5. The Labute approximate surface area is 158 Å². The Morgan fingerprint density at radius 3 is 2.85 bits per heavy atom. The van der Waals surface area contributed by atoms with Crippen LogP contribution in [0.2, 0.25) is 0 Å². The van der Waals surface area contributed by atoms with Crippen LogP contribution in [0, 0.1) is 0 Å². The second kappa shape index (κ2) is 8.20. The van der Waals surface area contributed by atoms with E-state index in [0.29, 0.717) is 26.1 Å². The molecular weight excluding hydrogens is 370 g/mol. The number of hydrogen-bond donors (Lipinski definition) is 2. The number of rotatable bonds is 7. The summed E-state index contributed by atoms with van der Waals surface area (Å²) in [5.41, 5.74) is 3.00. The van der Waals surface area contributed by atoms with Crippen LogP contribution in [0.1, 0.15) is 22.9 Å². The van der Waals surface area contributed by atoms with E-state index in [2.05, 4.69) is 10.6 Å². The summed E-state index contributed by atoms with van der Waals surface area (Å²) in [6.45, 7) is 3.27. The fraction of sp³-hybridized carbons (Fsp3) is 0.389. The average molecular weight is 394 g/mol. The first-order valence-electron chi connectivity index (χ1n) is 8.61. The number of thiophene rings is 1. The van der Waals surface area contributed by atoms with Crippen molar-refractivity contribution >= 4 is 33.0 Å². The van der Waals surface area contributed by atoms with Gasteiger partial charge in [0.25, 0.3) is 0 Å². The van der Waals surface area contributed by atoms with E-state index in [1.807, 2.05) is 35.7 Å². The maximum atomic E-state index is 12.1. The Balaban J connectivity index is 1.60. The molecule has 0 saturated carbocycles. The topological polar surface area (TPSA) is 78.5 Å². The van der Waals surface area contributed by atoms with Crippen molar-refractivity contribution in [3.8, 4) is 0 Å². The molecule has 140 valence electrons. The van der Waals surface area contributed by atoms with Crippen molar-refractivity contribution in [1.29, 1.82) is 0 Å². The zero-order valence-electron chi connectivity index (χ0n) is 14.7. The van der Waals surface area contributed by atoms with Crippen molar-refractivity contribution < 1.29 is 13.2 Å². The van der Waals surface area contributed by atoms with E-state index in [-0.39, 0.29) is 18.2 Å². The number of fused-ring (bicyclic) bond motifs is 1. The summed E-state index contributed by atoms with van der Waals surface area (Å²) in [5.74, 6) is 0.0482. The molecule has 0 aliphatic carbocycles. The number of amides is 1. The Kier molecular flexibility index (Phi) is 5.95. The maximum absolute atomic E-state index is 12.1. The molecular formula is C18H23N3O3S2. The van der Waals surface area contributed by atoms with Gasteiger partial charge in [-0.3, -0.25) is 4.79 Å². The van der Waals surface area contributed by atoms with Crippen molar-refractivity contribution in [2.24, 2.45) is 0 Å². The standard InChI is InChI=1S/C18H23N3O3S2/c1-2-26(23,24)21-9-8-16-14(13-21)5-3-7-17(16)19-12-18(22)20-11-15-6-4-10-25-15/h3-7,10,19H,2,8-9,11-13H2,1H3,(H,20,22). The second-order valence-electron chi connectivity index (χ2n) is 6.14. The molecule has 0 bridgehead atoms. The van der Waals surface area contributed by atoms with Gasteiger partial charge in [-0.25, -0.2) is 8.42 Å². The van der Waals surface area contributed by atoms with Gasteiger partial charge < -0.3 is 10.6 Å². The van der Waals surface area contributed by atoms with Gasteiger partial charge in [-0.1, -0.05) is 18.2 Å². The minimum Gasteiger partial charge on any atom is -0.376 e. The molecule has 1 aromatic carbocycles. The Bertz CT molecular complexity index is 864. The molecule has 1 aliphatic rings. The molecule has 2 aromatic rings. The number of benzene rings is 1. The van der Waals surface area contributed by atoms with Crippen LogP contribution < -0.4 is 10.6 Å². The van der Waals surface area contributed by atoms with Crippen molar-refractivity contribution in [3.05, 3.63) is 51.7 Å². The molecule has 1 aliphatic heterocycles. The third kappa shape index (κ3) is 4.44. The number of hydrogen-bond acceptors (Lipinski definition) is 5. The van der Waals surface area contributed by atoms with Crippen LogP contribution in [-0.4, -0.2) is 37.5 Å². The number of carbonyl (C=O) groups excluding carboxylic acids is 1. The van der Waals surface area contributed by atoms with E-state index in [0.717, 1.165) is 21.7 Å². The van der Waals surface area contributed by atoms with Crippen LogP contribution in [0.15, 0.2) is 35.7 Å². The molecule has 0 atom stereocenters. The molecule has 0 saturated heterocycles. The highest BCUT2D eigenvalue weighted by molar-refractivity contribution is 7.89. The summed E-state index contributed by atoms with van der Waals surface area (Å²) in [6, 6.07) is 9.74. The predicted octanol–water partition coefficient (Wildman–Crippen LogP) is 2.18. The summed E-state index contributed by atoms with van der Waals surface area (Å²) in [4.78, 5) is 13.2. The van der Waals surface area contributed by atoms with E-state index < -0.39 is 10.0 Å². The summed E-state index contributed by atoms with van der Waals surface area (Å²) < 4.78 is 25.7. The Morgan fingerprint density at radius 1 is 1.27 bits per heavy atom. The number of anilines is 1. The van der Waals surface area contributed by atoms with Crippen molar-refractivity contribution in [2.75, 3.05) is 24.2 Å². The third-order valence-electron chi connectivity index (χ3n) is 4.47. The van der Waals surface area contributed by atoms with Crippen LogP contribution in [0.4, 0.5) is 5.69 Å². The van der Waals surface area contributed by atoms with Gasteiger partial charge in [0.15, 0.2) is 0 Å². The largest absolute Gasteiger partial charge is 0.376 e. The molecule has 6 nitrogen and oxygen atoms in total. The molecule has 1 amide bonds. The van der Waals surface area contributed by atoms with Crippen LogP contribution in [0.25, 0.3) is 0 Å². The SMILES string of the molecule is CCS(=O)(=O)N1CCc2c(cccc2NCC(=O)NCc2cccs2)C1. The molecule has 0 radical (unpaired) electrons. The smallest absolute Gasteiger partial charge is 0.239 e. The molecule has 0 fully saturated rings. The fourth-order valence-electron chi connectivity index (χ4n) is 3.01. The minimum absolute atomic E-state index is 0.0676. The third-order valence-corrected chi connectivity index (χ3v) is 7.17. The fourth-order valence-corrected chi connectivity index (χ4v) is 4.72. The molecule has 0 spiro atoms. The van der Waals surface area contributed by atoms with Crippen LogP contribution >= 0.6 is 11.3 Å².